The quantitative estimate of drug-likeness (QED) is 0.847. The van der Waals surface area contributed by atoms with Crippen LogP contribution >= 0.6 is 23.8 Å². The summed E-state index contributed by atoms with van der Waals surface area (Å²) in [6, 6.07) is 5.66. The third-order valence-electron chi connectivity index (χ3n) is 2.98. The number of anilines is 1. The van der Waals surface area contributed by atoms with Crippen molar-refractivity contribution < 1.29 is 4.74 Å². The molecule has 0 unspecified atom stereocenters. The molecule has 1 aliphatic rings. The van der Waals surface area contributed by atoms with Gasteiger partial charge in [-0.2, -0.15) is 0 Å². The Labute approximate surface area is 118 Å². The molecule has 1 aromatic carbocycles. The summed E-state index contributed by atoms with van der Waals surface area (Å²) in [7, 11) is 0. The lowest BCUT2D eigenvalue weighted by atomic mass is 10.1. The molecule has 0 amide bonds. The predicted molar refractivity (Wildman–Crippen MR) is 79.6 cm³/mol. The first-order valence-corrected chi connectivity index (χ1v) is 6.75. The minimum atomic E-state index is 0.198. The zero-order valence-electron chi connectivity index (χ0n) is 10.5. The van der Waals surface area contributed by atoms with E-state index >= 15 is 0 Å². The third-order valence-corrected chi connectivity index (χ3v) is 3.44. The number of nitrogens with two attached hydrogens (primary N) is 1. The highest BCUT2D eigenvalue weighted by Gasteiger charge is 2.24. The molecular weight excluding hydrogens is 268 g/mol. The molecule has 0 aliphatic carbocycles. The molecule has 0 saturated carbocycles. The average molecular weight is 285 g/mol. The Balaban J connectivity index is 2.35. The maximum atomic E-state index is 6.00. The summed E-state index contributed by atoms with van der Waals surface area (Å²) in [6.07, 6.45) is 0.396. The van der Waals surface area contributed by atoms with E-state index in [1.165, 1.54) is 0 Å². The molecular formula is C13H17ClN2OS. The Hall–Kier alpha value is -0.840. The summed E-state index contributed by atoms with van der Waals surface area (Å²) in [4.78, 5) is 2.63. The smallest absolute Gasteiger partial charge is 0.106 e. The van der Waals surface area contributed by atoms with Gasteiger partial charge < -0.3 is 15.4 Å². The van der Waals surface area contributed by atoms with Crippen LogP contribution in [0.15, 0.2) is 18.2 Å². The lowest BCUT2D eigenvalue weighted by Gasteiger charge is -2.37. The van der Waals surface area contributed by atoms with Crippen molar-refractivity contribution in [3.05, 3.63) is 28.8 Å². The number of ether oxygens (including phenoxy) is 1. The van der Waals surface area contributed by atoms with Gasteiger partial charge in [0.25, 0.3) is 0 Å². The Morgan fingerprint density at radius 1 is 1.39 bits per heavy atom. The monoisotopic (exact) mass is 284 g/mol. The summed E-state index contributed by atoms with van der Waals surface area (Å²) in [6.45, 7) is 5.81. The number of hydrogen-bond acceptors (Lipinski definition) is 3. The number of rotatable bonds is 2. The van der Waals surface area contributed by atoms with E-state index in [2.05, 4.69) is 18.7 Å². The van der Waals surface area contributed by atoms with E-state index in [9.17, 15) is 0 Å². The predicted octanol–water partition coefficient (Wildman–Crippen LogP) is 2.59. The van der Waals surface area contributed by atoms with E-state index < -0.39 is 0 Å². The largest absolute Gasteiger partial charge is 0.389 e. The topological polar surface area (TPSA) is 38.5 Å². The van der Waals surface area contributed by atoms with Crippen LogP contribution in [0.4, 0.5) is 5.69 Å². The molecule has 5 heteroatoms. The first-order valence-electron chi connectivity index (χ1n) is 5.97. The average Bonchev–Trinajstić information content (AvgIpc) is 2.27. The number of hydrogen-bond donors (Lipinski definition) is 1. The summed E-state index contributed by atoms with van der Waals surface area (Å²) in [5.74, 6) is 0. The molecule has 1 heterocycles. The summed E-state index contributed by atoms with van der Waals surface area (Å²) in [5.41, 5.74) is 7.64. The van der Waals surface area contributed by atoms with E-state index in [0.29, 0.717) is 10.0 Å². The maximum Gasteiger partial charge on any atom is 0.106 e. The SMILES string of the molecule is C[C@@H]1CN(c2ccc(Cl)cc2C(N)=S)C[C@H](C)O1. The second-order valence-corrected chi connectivity index (χ2v) is 5.56. The van der Waals surface area contributed by atoms with E-state index in [1.54, 1.807) is 0 Å². The van der Waals surface area contributed by atoms with Gasteiger partial charge in [0.1, 0.15) is 4.99 Å². The Bertz CT molecular complexity index is 456. The van der Waals surface area contributed by atoms with Crippen molar-refractivity contribution in [2.45, 2.75) is 26.1 Å². The lowest BCUT2D eigenvalue weighted by molar-refractivity contribution is -0.00522. The van der Waals surface area contributed by atoms with Crippen LogP contribution in [0.25, 0.3) is 0 Å². The molecule has 0 aromatic heterocycles. The third kappa shape index (κ3) is 2.94. The van der Waals surface area contributed by atoms with Crippen LogP contribution in [0.5, 0.6) is 0 Å². The van der Waals surface area contributed by atoms with Crippen molar-refractivity contribution in [2.75, 3.05) is 18.0 Å². The number of nitrogens with zero attached hydrogens (tertiary/aromatic N) is 1. The number of thiocarbonyl (C=S) groups is 1. The van der Waals surface area contributed by atoms with Crippen LogP contribution in [0.2, 0.25) is 5.02 Å². The van der Waals surface area contributed by atoms with Crippen LogP contribution in [0.3, 0.4) is 0 Å². The van der Waals surface area contributed by atoms with Crippen molar-refractivity contribution in [1.82, 2.24) is 0 Å². The molecule has 2 N–H and O–H groups in total. The molecule has 98 valence electrons. The summed E-state index contributed by atoms with van der Waals surface area (Å²) < 4.78 is 5.73. The minimum absolute atomic E-state index is 0.198. The summed E-state index contributed by atoms with van der Waals surface area (Å²) in [5, 5.41) is 0.649. The van der Waals surface area contributed by atoms with Crippen LogP contribution in [0.1, 0.15) is 19.4 Å². The van der Waals surface area contributed by atoms with Crippen molar-refractivity contribution in [1.29, 1.82) is 0 Å². The molecule has 18 heavy (non-hydrogen) atoms. The Morgan fingerprint density at radius 2 is 2.00 bits per heavy atom. The highest BCUT2D eigenvalue weighted by atomic mass is 35.5. The van der Waals surface area contributed by atoms with Crippen LogP contribution < -0.4 is 10.6 Å². The molecule has 1 fully saturated rings. The van der Waals surface area contributed by atoms with Crippen LogP contribution in [0, 0.1) is 0 Å². The van der Waals surface area contributed by atoms with Crippen LogP contribution in [-0.4, -0.2) is 30.3 Å². The van der Waals surface area contributed by atoms with Gasteiger partial charge in [-0.05, 0) is 32.0 Å². The summed E-state index contributed by atoms with van der Waals surface area (Å²) >= 11 is 11.1. The lowest BCUT2D eigenvalue weighted by Crippen LogP contribution is -2.46. The van der Waals surface area contributed by atoms with E-state index in [0.717, 1.165) is 24.3 Å². The first kappa shape index (κ1) is 13.6. The highest BCUT2D eigenvalue weighted by Crippen LogP contribution is 2.27. The molecule has 0 bridgehead atoms. The molecule has 1 aromatic rings. The fourth-order valence-corrected chi connectivity index (χ4v) is 2.69. The number of benzene rings is 1. The molecule has 2 rings (SSSR count). The van der Waals surface area contributed by atoms with Gasteiger partial charge in [-0.25, -0.2) is 0 Å². The molecule has 0 radical (unpaired) electrons. The van der Waals surface area contributed by atoms with Gasteiger partial charge in [0.15, 0.2) is 0 Å². The van der Waals surface area contributed by atoms with Crippen molar-refractivity contribution in [3.8, 4) is 0 Å². The van der Waals surface area contributed by atoms with Gasteiger partial charge in [0, 0.05) is 29.4 Å². The van der Waals surface area contributed by atoms with Gasteiger partial charge in [0.2, 0.25) is 0 Å². The second-order valence-electron chi connectivity index (χ2n) is 4.69. The van der Waals surface area contributed by atoms with E-state index in [4.69, 9.17) is 34.3 Å². The number of halogens is 1. The van der Waals surface area contributed by atoms with Gasteiger partial charge in [-0.15, -0.1) is 0 Å². The fourth-order valence-electron chi connectivity index (χ4n) is 2.36. The fraction of sp³-hybridized carbons (Fsp3) is 0.462. The van der Waals surface area contributed by atoms with Gasteiger partial charge in [0.05, 0.1) is 12.2 Å². The normalized spacial score (nSPS) is 24.1. The van der Waals surface area contributed by atoms with E-state index in [-0.39, 0.29) is 12.2 Å². The Kier molecular flexibility index (Phi) is 4.10. The molecule has 1 aliphatic heterocycles. The van der Waals surface area contributed by atoms with E-state index in [1.807, 2.05) is 18.2 Å². The van der Waals surface area contributed by atoms with Crippen LogP contribution in [-0.2, 0) is 4.74 Å². The zero-order chi connectivity index (χ0) is 13.3. The minimum Gasteiger partial charge on any atom is -0.389 e. The van der Waals surface area contributed by atoms with Gasteiger partial charge >= 0.3 is 0 Å². The second kappa shape index (κ2) is 5.43. The zero-order valence-corrected chi connectivity index (χ0v) is 12.1. The number of morpholine rings is 1. The van der Waals surface area contributed by atoms with Crippen molar-refractivity contribution in [3.63, 3.8) is 0 Å². The molecule has 3 nitrogen and oxygen atoms in total. The molecule has 1 saturated heterocycles. The van der Waals surface area contributed by atoms with Gasteiger partial charge in [-0.1, -0.05) is 23.8 Å². The van der Waals surface area contributed by atoms with Crippen molar-refractivity contribution >= 4 is 34.5 Å². The first-order chi connectivity index (χ1) is 8.47. The Morgan fingerprint density at radius 3 is 2.56 bits per heavy atom. The maximum absolute atomic E-state index is 6.00. The van der Waals surface area contributed by atoms with Crippen molar-refractivity contribution in [2.24, 2.45) is 5.73 Å². The standard InChI is InChI=1S/C13H17ClN2OS/c1-8-6-16(7-9(2)17-8)12-4-3-10(14)5-11(12)13(15)18/h3-5,8-9H,6-7H2,1-2H3,(H2,15,18)/t8-,9+. The molecule has 2 atom stereocenters. The highest BCUT2D eigenvalue weighted by molar-refractivity contribution is 7.80. The molecule has 0 spiro atoms. The van der Waals surface area contributed by atoms with Gasteiger partial charge in [-0.3, -0.25) is 0 Å².